The highest BCUT2D eigenvalue weighted by atomic mass is 16.5. The van der Waals surface area contributed by atoms with Gasteiger partial charge in [0.05, 0.1) is 13.7 Å². The number of carbonyl (C=O) groups is 2. The normalized spacial score (nSPS) is 17.4. The van der Waals surface area contributed by atoms with Crippen molar-refractivity contribution in [2.45, 2.75) is 25.5 Å². The van der Waals surface area contributed by atoms with E-state index >= 15 is 0 Å². The molecule has 1 atom stereocenters. The molecular formula is C22H25NO4. The number of rotatable bonds is 8. The Hall–Kier alpha value is -2.50. The third kappa shape index (κ3) is 5.49. The molecule has 0 aromatic heterocycles. The Labute approximate surface area is 159 Å². The summed E-state index contributed by atoms with van der Waals surface area (Å²) >= 11 is 0. The molecule has 1 heterocycles. The number of hydrogen-bond acceptors (Lipinski definition) is 5. The second-order valence-electron chi connectivity index (χ2n) is 6.70. The van der Waals surface area contributed by atoms with Crippen LogP contribution in [0.2, 0.25) is 0 Å². The van der Waals surface area contributed by atoms with Crippen molar-refractivity contribution in [3.05, 3.63) is 65.7 Å². The van der Waals surface area contributed by atoms with E-state index in [1.807, 2.05) is 18.2 Å². The Bertz CT molecular complexity index is 775. The number of morpholine rings is 1. The molecule has 3 rings (SSSR count). The lowest BCUT2D eigenvalue weighted by Gasteiger charge is -2.32. The predicted octanol–water partition coefficient (Wildman–Crippen LogP) is 3.13. The summed E-state index contributed by atoms with van der Waals surface area (Å²) in [6.07, 6.45) is -0.0784. The Balaban J connectivity index is 1.50. The van der Waals surface area contributed by atoms with Gasteiger partial charge in [-0.3, -0.25) is 14.5 Å². The van der Waals surface area contributed by atoms with E-state index in [0.29, 0.717) is 24.5 Å². The molecule has 2 aromatic rings. The maximum Gasteiger partial charge on any atom is 0.163 e. The van der Waals surface area contributed by atoms with Crippen molar-refractivity contribution in [1.82, 2.24) is 4.90 Å². The van der Waals surface area contributed by atoms with Crippen LogP contribution >= 0.6 is 0 Å². The summed E-state index contributed by atoms with van der Waals surface area (Å²) in [4.78, 5) is 27.1. The predicted molar refractivity (Wildman–Crippen MR) is 103 cm³/mol. The summed E-state index contributed by atoms with van der Waals surface area (Å²) < 4.78 is 10.8. The Morgan fingerprint density at radius 1 is 1.11 bits per heavy atom. The zero-order chi connectivity index (χ0) is 19.1. The number of ketones is 2. The van der Waals surface area contributed by atoms with E-state index in [0.717, 1.165) is 13.1 Å². The summed E-state index contributed by atoms with van der Waals surface area (Å²) in [5.41, 5.74) is 1.79. The number of nitrogens with zero attached hydrogens (tertiary/aromatic N) is 1. The lowest BCUT2D eigenvalue weighted by atomic mass is 10.0. The zero-order valence-corrected chi connectivity index (χ0v) is 15.6. The van der Waals surface area contributed by atoms with Gasteiger partial charge in [-0.05, 0) is 17.7 Å². The van der Waals surface area contributed by atoms with Gasteiger partial charge in [0.25, 0.3) is 0 Å². The van der Waals surface area contributed by atoms with E-state index in [1.54, 1.807) is 31.4 Å². The van der Waals surface area contributed by atoms with Crippen LogP contribution in [0.15, 0.2) is 54.6 Å². The molecule has 0 aliphatic carbocycles. The van der Waals surface area contributed by atoms with Crippen LogP contribution in [0.4, 0.5) is 0 Å². The van der Waals surface area contributed by atoms with Crippen LogP contribution in [0.3, 0.4) is 0 Å². The topological polar surface area (TPSA) is 55.8 Å². The average molecular weight is 367 g/mol. The number of ether oxygens (including phenoxy) is 2. The van der Waals surface area contributed by atoms with Gasteiger partial charge in [-0.2, -0.15) is 0 Å². The maximum atomic E-state index is 12.5. The molecule has 5 heteroatoms. The van der Waals surface area contributed by atoms with Crippen LogP contribution in [-0.2, 0) is 16.1 Å². The summed E-state index contributed by atoms with van der Waals surface area (Å²) in [6.45, 7) is 2.71. The van der Waals surface area contributed by atoms with E-state index in [2.05, 4.69) is 17.0 Å². The van der Waals surface area contributed by atoms with Gasteiger partial charge in [0.2, 0.25) is 0 Å². The van der Waals surface area contributed by atoms with Gasteiger partial charge in [0, 0.05) is 38.0 Å². The number of benzene rings is 2. The van der Waals surface area contributed by atoms with Gasteiger partial charge in [0.1, 0.15) is 11.9 Å². The molecule has 1 unspecified atom stereocenters. The summed E-state index contributed by atoms with van der Waals surface area (Å²) in [6, 6.07) is 17.2. The van der Waals surface area contributed by atoms with E-state index in [-0.39, 0.29) is 24.4 Å². The van der Waals surface area contributed by atoms with Gasteiger partial charge in [-0.1, -0.05) is 42.5 Å². The van der Waals surface area contributed by atoms with E-state index in [1.165, 1.54) is 5.56 Å². The first-order chi connectivity index (χ1) is 13.2. The minimum Gasteiger partial charge on any atom is -0.497 e. The van der Waals surface area contributed by atoms with Gasteiger partial charge >= 0.3 is 0 Å². The third-order valence-corrected chi connectivity index (χ3v) is 4.75. The molecule has 27 heavy (non-hydrogen) atoms. The second kappa shape index (κ2) is 9.44. The Morgan fingerprint density at radius 2 is 1.93 bits per heavy atom. The summed E-state index contributed by atoms with van der Waals surface area (Å²) in [5.74, 6) is 0.572. The average Bonchev–Trinajstić information content (AvgIpc) is 2.72. The van der Waals surface area contributed by atoms with Crippen molar-refractivity contribution in [1.29, 1.82) is 0 Å². The molecule has 2 aromatic carbocycles. The maximum absolute atomic E-state index is 12.5. The van der Waals surface area contributed by atoms with Crippen molar-refractivity contribution in [3.63, 3.8) is 0 Å². The Morgan fingerprint density at radius 3 is 2.70 bits per heavy atom. The molecule has 1 aliphatic heterocycles. The Kier molecular flexibility index (Phi) is 6.74. The van der Waals surface area contributed by atoms with E-state index in [4.69, 9.17) is 9.47 Å². The highest BCUT2D eigenvalue weighted by molar-refractivity contribution is 5.99. The van der Waals surface area contributed by atoms with Gasteiger partial charge in [0.15, 0.2) is 11.6 Å². The SMILES string of the molecule is COc1cccc(C(=O)CCC(=O)C2CN(Cc3ccccc3)CCO2)c1. The quantitative estimate of drug-likeness (QED) is 0.671. The van der Waals surface area contributed by atoms with Crippen LogP contribution in [0.25, 0.3) is 0 Å². The lowest BCUT2D eigenvalue weighted by molar-refractivity contribution is -0.136. The monoisotopic (exact) mass is 367 g/mol. The fraction of sp³-hybridized carbons (Fsp3) is 0.364. The minimum absolute atomic E-state index is 0.0102. The highest BCUT2D eigenvalue weighted by Gasteiger charge is 2.26. The number of hydrogen-bond donors (Lipinski definition) is 0. The standard InChI is InChI=1S/C22H25NO4/c1-26-19-9-5-8-18(14-19)20(24)10-11-21(25)22-16-23(12-13-27-22)15-17-6-3-2-4-7-17/h2-9,14,22H,10-13,15-16H2,1H3. The number of carbonyl (C=O) groups excluding carboxylic acids is 2. The zero-order valence-electron chi connectivity index (χ0n) is 15.6. The van der Waals surface area contributed by atoms with Crippen molar-refractivity contribution >= 4 is 11.6 Å². The van der Waals surface area contributed by atoms with Crippen molar-refractivity contribution in [2.24, 2.45) is 0 Å². The molecule has 0 radical (unpaired) electrons. The first-order valence-electron chi connectivity index (χ1n) is 9.23. The molecule has 142 valence electrons. The molecule has 1 saturated heterocycles. The molecule has 0 bridgehead atoms. The highest BCUT2D eigenvalue weighted by Crippen LogP contribution is 2.16. The fourth-order valence-corrected chi connectivity index (χ4v) is 3.22. The third-order valence-electron chi connectivity index (χ3n) is 4.75. The molecule has 0 amide bonds. The molecule has 0 spiro atoms. The van der Waals surface area contributed by atoms with Gasteiger partial charge in [-0.15, -0.1) is 0 Å². The fourth-order valence-electron chi connectivity index (χ4n) is 3.22. The van der Waals surface area contributed by atoms with Crippen molar-refractivity contribution in [3.8, 4) is 5.75 Å². The smallest absolute Gasteiger partial charge is 0.163 e. The number of Topliss-reactive ketones (excluding diaryl/α,β-unsaturated/α-hetero) is 2. The summed E-state index contributed by atoms with van der Waals surface area (Å²) in [7, 11) is 1.56. The first-order valence-corrected chi connectivity index (χ1v) is 9.23. The van der Waals surface area contributed by atoms with Crippen LogP contribution in [-0.4, -0.2) is 49.4 Å². The summed E-state index contributed by atoms with van der Waals surface area (Å²) in [5, 5.41) is 0. The first kappa shape index (κ1) is 19.3. The molecule has 1 fully saturated rings. The van der Waals surface area contributed by atoms with Crippen molar-refractivity contribution < 1.29 is 19.1 Å². The van der Waals surface area contributed by atoms with E-state index < -0.39 is 6.10 Å². The van der Waals surface area contributed by atoms with Crippen LogP contribution < -0.4 is 4.74 Å². The molecule has 5 nitrogen and oxygen atoms in total. The second-order valence-corrected chi connectivity index (χ2v) is 6.70. The number of methoxy groups -OCH3 is 1. The van der Waals surface area contributed by atoms with Gasteiger partial charge < -0.3 is 9.47 Å². The van der Waals surface area contributed by atoms with Crippen LogP contribution in [0.1, 0.15) is 28.8 Å². The van der Waals surface area contributed by atoms with Gasteiger partial charge in [-0.25, -0.2) is 0 Å². The molecular weight excluding hydrogens is 342 g/mol. The molecule has 0 saturated carbocycles. The lowest BCUT2D eigenvalue weighted by Crippen LogP contribution is -2.45. The molecule has 0 N–H and O–H groups in total. The van der Waals surface area contributed by atoms with Crippen molar-refractivity contribution in [2.75, 3.05) is 26.8 Å². The van der Waals surface area contributed by atoms with Crippen LogP contribution in [0.5, 0.6) is 5.75 Å². The van der Waals surface area contributed by atoms with Crippen LogP contribution in [0, 0.1) is 0 Å². The van der Waals surface area contributed by atoms with E-state index in [9.17, 15) is 9.59 Å². The largest absolute Gasteiger partial charge is 0.497 e. The molecule has 1 aliphatic rings. The minimum atomic E-state index is -0.458.